The van der Waals surface area contributed by atoms with Crippen LogP contribution in [-0.4, -0.2) is 5.88 Å². The monoisotopic (exact) mass is 324 g/mol. The van der Waals surface area contributed by atoms with Crippen molar-refractivity contribution in [3.05, 3.63) is 33.8 Å². The van der Waals surface area contributed by atoms with Crippen molar-refractivity contribution in [3.8, 4) is 0 Å². The summed E-state index contributed by atoms with van der Waals surface area (Å²) in [7, 11) is 0. The van der Waals surface area contributed by atoms with E-state index in [4.69, 9.17) is 11.6 Å². The van der Waals surface area contributed by atoms with Gasteiger partial charge in [-0.1, -0.05) is 44.0 Å². The van der Waals surface area contributed by atoms with Gasteiger partial charge >= 0.3 is 0 Å². The first-order valence-corrected chi connectivity index (χ1v) is 6.62. The highest BCUT2D eigenvalue weighted by Crippen LogP contribution is 2.21. The number of aryl methyl sites for hydroxylation is 1. The van der Waals surface area contributed by atoms with Crippen LogP contribution in [0.2, 0.25) is 0 Å². The van der Waals surface area contributed by atoms with Gasteiger partial charge in [0.15, 0.2) is 0 Å². The molecular formula is C10H11Br2Cl. The standard InChI is InChI=1S/C10H11Br2Cl/c11-7-9-4-3-8(2-1-5-13)6-10(9)12/h3-4,6H,1-2,5,7H2. The Bertz CT molecular complexity index is 274. The third kappa shape index (κ3) is 3.61. The summed E-state index contributed by atoms with van der Waals surface area (Å²) in [6.45, 7) is 0. The molecule has 0 amide bonds. The quantitative estimate of drug-likeness (QED) is 0.714. The highest BCUT2D eigenvalue weighted by molar-refractivity contribution is 9.10. The molecule has 0 heterocycles. The first-order chi connectivity index (χ1) is 6.27. The lowest BCUT2D eigenvalue weighted by atomic mass is 10.1. The lowest BCUT2D eigenvalue weighted by Crippen LogP contribution is -1.88. The lowest BCUT2D eigenvalue weighted by molar-refractivity contribution is 0.927. The van der Waals surface area contributed by atoms with Crippen LogP contribution in [0.5, 0.6) is 0 Å². The Hall–Kier alpha value is 0.470. The highest BCUT2D eigenvalue weighted by atomic mass is 79.9. The summed E-state index contributed by atoms with van der Waals surface area (Å²) in [4.78, 5) is 0. The zero-order valence-corrected chi connectivity index (χ0v) is 11.1. The molecule has 0 atom stereocenters. The maximum Gasteiger partial charge on any atom is 0.0294 e. The molecule has 0 aliphatic heterocycles. The fraction of sp³-hybridized carbons (Fsp3) is 0.400. The van der Waals surface area contributed by atoms with Crippen LogP contribution in [0.3, 0.4) is 0 Å². The van der Waals surface area contributed by atoms with E-state index in [1.54, 1.807) is 0 Å². The molecule has 0 aliphatic rings. The van der Waals surface area contributed by atoms with Gasteiger partial charge in [-0.2, -0.15) is 0 Å². The van der Waals surface area contributed by atoms with Crippen LogP contribution in [0.15, 0.2) is 22.7 Å². The van der Waals surface area contributed by atoms with Gasteiger partial charge in [0.25, 0.3) is 0 Å². The predicted octanol–water partition coefficient (Wildman–Crippen LogP) is 4.52. The number of halogens is 3. The van der Waals surface area contributed by atoms with Crippen molar-refractivity contribution in [1.29, 1.82) is 0 Å². The zero-order valence-electron chi connectivity index (χ0n) is 7.19. The summed E-state index contributed by atoms with van der Waals surface area (Å²) in [6.07, 6.45) is 2.10. The molecule has 1 rings (SSSR count). The van der Waals surface area contributed by atoms with E-state index in [-0.39, 0.29) is 0 Å². The molecule has 0 bridgehead atoms. The molecule has 0 nitrogen and oxygen atoms in total. The Morgan fingerprint density at radius 3 is 2.62 bits per heavy atom. The zero-order chi connectivity index (χ0) is 9.68. The molecule has 1 aromatic carbocycles. The van der Waals surface area contributed by atoms with Gasteiger partial charge in [-0.25, -0.2) is 0 Å². The van der Waals surface area contributed by atoms with Crippen LogP contribution in [-0.2, 0) is 11.8 Å². The van der Waals surface area contributed by atoms with E-state index in [0.29, 0.717) is 0 Å². The topological polar surface area (TPSA) is 0 Å². The molecule has 1 aromatic rings. The fourth-order valence-electron chi connectivity index (χ4n) is 1.13. The Morgan fingerprint density at radius 2 is 2.08 bits per heavy atom. The first kappa shape index (κ1) is 11.5. The SMILES string of the molecule is ClCCCc1ccc(CBr)c(Br)c1. The first-order valence-electron chi connectivity index (χ1n) is 4.17. The molecule has 0 radical (unpaired) electrons. The summed E-state index contributed by atoms with van der Waals surface area (Å²) in [5.41, 5.74) is 2.63. The molecular weight excluding hydrogens is 315 g/mol. The Morgan fingerprint density at radius 1 is 1.31 bits per heavy atom. The van der Waals surface area contributed by atoms with Gasteiger partial charge in [-0.05, 0) is 30.0 Å². The van der Waals surface area contributed by atoms with E-state index < -0.39 is 0 Å². The minimum atomic E-state index is 0.734. The van der Waals surface area contributed by atoms with Gasteiger partial charge < -0.3 is 0 Å². The van der Waals surface area contributed by atoms with Crippen LogP contribution in [0.25, 0.3) is 0 Å². The van der Waals surface area contributed by atoms with Crippen LogP contribution < -0.4 is 0 Å². The van der Waals surface area contributed by atoms with Crippen molar-refractivity contribution in [2.45, 2.75) is 18.2 Å². The lowest BCUT2D eigenvalue weighted by Gasteiger charge is -2.03. The van der Waals surface area contributed by atoms with Gasteiger partial charge in [0.1, 0.15) is 0 Å². The molecule has 0 fully saturated rings. The van der Waals surface area contributed by atoms with Gasteiger partial charge in [-0.3, -0.25) is 0 Å². The summed E-state index contributed by atoms with van der Waals surface area (Å²) in [5, 5.41) is 0.892. The number of hydrogen-bond acceptors (Lipinski definition) is 0. The van der Waals surface area contributed by atoms with Crippen LogP contribution in [0.1, 0.15) is 17.5 Å². The van der Waals surface area contributed by atoms with Gasteiger partial charge in [0.2, 0.25) is 0 Å². The molecule has 0 aromatic heterocycles. The molecule has 0 spiro atoms. The Kier molecular flexibility index (Phi) is 5.37. The van der Waals surface area contributed by atoms with Gasteiger partial charge in [-0.15, -0.1) is 11.6 Å². The Balaban J connectivity index is 2.71. The van der Waals surface area contributed by atoms with Crippen molar-refractivity contribution in [2.24, 2.45) is 0 Å². The van der Waals surface area contributed by atoms with Crippen molar-refractivity contribution in [3.63, 3.8) is 0 Å². The van der Waals surface area contributed by atoms with Crippen molar-refractivity contribution >= 4 is 43.5 Å². The molecule has 13 heavy (non-hydrogen) atoms. The summed E-state index contributed by atoms with van der Waals surface area (Å²) in [5.74, 6) is 0.734. The van der Waals surface area contributed by atoms with E-state index in [2.05, 4.69) is 50.1 Å². The molecule has 0 N–H and O–H groups in total. The van der Waals surface area contributed by atoms with Crippen LogP contribution >= 0.6 is 43.5 Å². The summed E-state index contributed by atoms with van der Waals surface area (Å²) >= 11 is 12.6. The average molecular weight is 326 g/mol. The Labute approximate surface area is 101 Å². The second kappa shape index (κ2) is 6.05. The van der Waals surface area contributed by atoms with Crippen molar-refractivity contribution < 1.29 is 0 Å². The highest BCUT2D eigenvalue weighted by Gasteiger charge is 1.99. The van der Waals surface area contributed by atoms with Crippen molar-refractivity contribution in [2.75, 3.05) is 5.88 Å². The van der Waals surface area contributed by atoms with E-state index >= 15 is 0 Å². The van der Waals surface area contributed by atoms with E-state index in [0.717, 1.165) is 24.1 Å². The van der Waals surface area contributed by atoms with Crippen LogP contribution in [0.4, 0.5) is 0 Å². The number of alkyl halides is 2. The molecule has 0 unspecified atom stereocenters. The minimum absolute atomic E-state index is 0.734. The molecule has 0 saturated carbocycles. The number of hydrogen-bond donors (Lipinski definition) is 0. The fourth-order valence-corrected chi connectivity index (χ4v) is 2.69. The van der Waals surface area contributed by atoms with Gasteiger partial charge in [0.05, 0.1) is 0 Å². The summed E-state index contributed by atoms with van der Waals surface area (Å²) in [6, 6.07) is 6.47. The van der Waals surface area contributed by atoms with E-state index in [9.17, 15) is 0 Å². The minimum Gasteiger partial charge on any atom is -0.127 e. The second-order valence-electron chi connectivity index (χ2n) is 2.85. The average Bonchev–Trinajstić information content (AvgIpc) is 2.15. The largest absolute Gasteiger partial charge is 0.127 e. The third-order valence-electron chi connectivity index (χ3n) is 1.86. The molecule has 0 aliphatic carbocycles. The smallest absolute Gasteiger partial charge is 0.0294 e. The molecule has 72 valence electrons. The molecule has 0 saturated heterocycles. The van der Waals surface area contributed by atoms with E-state index in [1.807, 2.05) is 0 Å². The van der Waals surface area contributed by atoms with Gasteiger partial charge in [0, 0.05) is 15.7 Å². The maximum atomic E-state index is 5.63. The normalized spacial score (nSPS) is 10.4. The molecule has 3 heteroatoms. The third-order valence-corrected chi connectivity index (χ3v) is 3.47. The summed E-state index contributed by atoms with van der Waals surface area (Å²) < 4.78 is 1.18. The number of rotatable bonds is 4. The van der Waals surface area contributed by atoms with E-state index in [1.165, 1.54) is 15.6 Å². The predicted molar refractivity (Wildman–Crippen MR) is 65.8 cm³/mol. The van der Waals surface area contributed by atoms with Crippen LogP contribution in [0, 0.1) is 0 Å². The maximum absolute atomic E-state index is 5.63. The number of benzene rings is 1. The van der Waals surface area contributed by atoms with Crippen molar-refractivity contribution in [1.82, 2.24) is 0 Å². The second-order valence-corrected chi connectivity index (χ2v) is 4.64.